The molecule has 0 aliphatic heterocycles. The fraction of sp³-hybridized carbons (Fsp3) is 0.174. The molecule has 0 atom stereocenters. The van der Waals surface area contributed by atoms with Crippen LogP contribution in [0.5, 0.6) is 5.75 Å². The molecule has 2 N–H and O–H groups in total. The Morgan fingerprint density at radius 1 is 0.889 bits per heavy atom. The lowest BCUT2D eigenvalue weighted by Crippen LogP contribution is -2.14. The molecule has 0 aliphatic rings. The number of benzene rings is 3. The van der Waals surface area contributed by atoms with Crippen molar-refractivity contribution in [2.75, 3.05) is 12.4 Å². The molecule has 3 aromatic carbocycles. The molecule has 0 bridgehead atoms. The van der Waals surface area contributed by atoms with Crippen molar-refractivity contribution in [1.82, 2.24) is 5.32 Å². The summed E-state index contributed by atoms with van der Waals surface area (Å²) >= 11 is 0. The average Bonchev–Trinajstić information content (AvgIpc) is 2.68. The number of amides is 1. The van der Waals surface area contributed by atoms with Gasteiger partial charge in [-0.3, -0.25) is 4.79 Å². The van der Waals surface area contributed by atoms with Crippen LogP contribution in [-0.4, -0.2) is 13.0 Å². The van der Waals surface area contributed by atoms with Crippen LogP contribution in [0.4, 0.5) is 5.69 Å². The first kappa shape index (κ1) is 18.7. The summed E-state index contributed by atoms with van der Waals surface area (Å²) in [4.78, 5) is 12.4. The third kappa shape index (κ3) is 5.43. The van der Waals surface area contributed by atoms with E-state index in [9.17, 15) is 4.79 Å². The van der Waals surface area contributed by atoms with E-state index < -0.39 is 0 Å². The third-order valence-electron chi connectivity index (χ3n) is 4.28. The fourth-order valence-corrected chi connectivity index (χ4v) is 2.88. The summed E-state index contributed by atoms with van der Waals surface area (Å²) in [6.07, 6.45) is 0. The molecule has 0 aliphatic carbocycles. The molecule has 4 nitrogen and oxygen atoms in total. The zero-order valence-corrected chi connectivity index (χ0v) is 15.7. The molecule has 27 heavy (non-hydrogen) atoms. The third-order valence-corrected chi connectivity index (χ3v) is 4.28. The normalized spacial score (nSPS) is 10.4. The lowest BCUT2D eigenvalue weighted by atomic mass is 10.1. The maximum absolute atomic E-state index is 12.4. The van der Waals surface area contributed by atoms with Crippen LogP contribution in [0.15, 0.2) is 72.8 Å². The topological polar surface area (TPSA) is 50.4 Å². The van der Waals surface area contributed by atoms with Crippen LogP contribution in [0.2, 0.25) is 0 Å². The van der Waals surface area contributed by atoms with Crippen molar-refractivity contribution < 1.29 is 9.53 Å². The van der Waals surface area contributed by atoms with Gasteiger partial charge in [0.1, 0.15) is 5.75 Å². The molecule has 3 aromatic rings. The molecule has 0 saturated heterocycles. The largest absolute Gasteiger partial charge is 0.497 e. The van der Waals surface area contributed by atoms with Gasteiger partial charge in [-0.25, -0.2) is 0 Å². The first-order valence-electron chi connectivity index (χ1n) is 8.94. The first-order chi connectivity index (χ1) is 13.1. The standard InChI is InChI=1S/C23H24N2O2/c1-17-5-3-6-18(13-17)15-24-16-19-7-4-8-21(14-19)25-23(26)20-9-11-22(27-2)12-10-20/h3-14,24H,15-16H2,1-2H3,(H,25,26). The Balaban J connectivity index is 1.57. The summed E-state index contributed by atoms with van der Waals surface area (Å²) in [6, 6.07) is 23.4. The van der Waals surface area contributed by atoms with Gasteiger partial charge in [-0.15, -0.1) is 0 Å². The number of hydrogen-bond acceptors (Lipinski definition) is 3. The van der Waals surface area contributed by atoms with E-state index in [-0.39, 0.29) is 5.91 Å². The van der Waals surface area contributed by atoms with E-state index in [1.807, 2.05) is 24.3 Å². The van der Waals surface area contributed by atoms with Gasteiger partial charge in [0.15, 0.2) is 0 Å². The highest BCUT2D eigenvalue weighted by molar-refractivity contribution is 6.04. The zero-order chi connectivity index (χ0) is 19.1. The van der Waals surface area contributed by atoms with E-state index in [1.165, 1.54) is 11.1 Å². The fourth-order valence-electron chi connectivity index (χ4n) is 2.88. The van der Waals surface area contributed by atoms with E-state index in [0.717, 1.165) is 30.1 Å². The van der Waals surface area contributed by atoms with Gasteiger partial charge in [-0.2, -0.15) is 0 Å². The van der Waals surface area contributed by atoms with Gasteiger partial charge in [0.05, 0.1) is 7.11 Å². The highest BCUT2D eigenvalue weighted by Crippen LogP contribution is 2.15. The van der Waals surface area contributed by atoms with E-state index in [1.54, 1.807) is 31.4 Å². The van der Waals surface area contributed by atoms with Crippen LogP contribution >= 0.6 is 0 Å². The van der Waals surface area contributed by atoms with Crippen LogP contribution in [0, 0.1) is 6.92 Å². The molecule has 3 rings (SSSR count). The molecule has 1 amide bonds. The first-order valence-corrected chi connectivity index (χ1v) is 8.94. The van der Waals surface area contributed by atoms with Crippen LogP contribution in [-0.2, 0) is 13.1 Å². The Morgan fingerprint density at radius 3 is 2.22 bits per heavy atom. The Bertz CT molecular complexity index is 904. The van der Waals surface area contributed by atoms with Crippen molar-refractivity contribution in [3.05, 3.63) is 95.1 Å². The molecule has 0 radical (unpaired) electrons. The van der Waals surface area contributed by atoms with E-state index >= 15 is 0 Å². The molecule has 0 aromatic heterocycles. The molecule has 0 unspecified atom stereocenters. The van der Waals surface area contributed by atoms with Gasteiger partial charge < -0.3 is 15.4 Å². The van der Waals surface area contributed by atoms with Crippen LogP contribution in [0.1, 0.15) is 27.0 Å². The van der Waals surface area contributed by atoms with Crippen molar-refractivity contribution in [3.8, 4) is 5.75 Å². The molecule has 0 heterocycles. The number of aryl methyl sites for hydroxylation is 1. The minimum absolute atomic E-state index is 0.137. The molecular weight excluding hydrogens is 336 g/mol. The summed E-state index contributed by atoms with van der Waals surface area (Å²) in [7, 11) is 1.60. The summed E-state index contributed by atoms with van der Waals surface area (Å²) in [5.41, 5.74) is 5.02. The Kier molecular flexibility index (Phi) is 6.23. The second-order valence-corrected chi connectivity index (χ2v) is 6.48. The van der Waals surface area contributed by atoms with Crippen molar-refractivity contribution >= 4 is 11.6 Å². The number of anilines is 1. The van der Waals surface area contributed by atoms with Gasteiger partial charge in [-0.1, -0.05) is 42.0 Å². The highest BCUT2D eigenvalue weighted by atomic mass is 16.5. The van der Waals surface area contributed by atoms with Crippen LogP contribution < -0.4 is 15.4 Å². The second kappa shape index (κ2) is 9.01. The highest BCUT2D eigenvalue weighted by Gasteiger charge is 2.06. The number of rotatable bonds is 7. The maximum Gasteiger partial charge on any atom is 0.255 e. The Morgan fingerprint density at radius 2 is 1.56 bits per heavy atom. The van der Waals surface area contributed by atoms with E-state index in [4.69, 9.17) is 4.74 Å². The predicted octanol–water partition coefficient (Wildman–Crippen LogP) is 4.55. The SMILES string of the molecule is COc1ccc(C(=O)Nc2cccc(CNCc3cccc(C)c3)c2)cc1. The monoisotopic (exact) mass is 360 g/mol. The zero-order valence-electron chi connectivity index (χ0n) is 15.7. The maximum atomic E-state index is 12.4. The van der Waals surface area contributed by atoms with Gasteiger partial charge in [0.25, 0.3) is 5.91 Å². The lowest BCUT2D eigenvalue weighted by Gasteiger charge is -2.09. The van der Waals surface area contributed by atoms with E-state index in [0.29, 0.717) is 5.56 Å². The molecule has 0 fully saturated rings. The number of nitrogens with one attached hydrogen (secondary N) is 2. The van der Waals surface area contributed by atoms with Gasteiger partial charge in [0, 0.05) is 24.3 Å². The molecule has 0 saturated carbocycles. The van der Waals surface area contributed by atoms with Gasteiger partial charge in [-0.05, 0) is 54.4 Å². The van der Waals surface area contributed by atoms with Crippen molar-refractivity contribution in [1.29, 1.82) is 0 Å². The van der Waals surface area contributed by atoms with Crippen LogP contribution in [0.3, 0.4) is 0 Å². The van der Waals surface area contributed by atoms with Gasteiger partial charge in [0.2, 0.25) is 0 Å². The molecule has 4 heteroatoms. The Hall–Kier alpha value is -3.11. The summed E-state index contributed by atoms with van der Waals surface area (Å²) in [5.74, 6) is 0.593. The number of carbonyl (C=O) groups is 1. The molecule has 138 valence electrons. The summed E-state index contributed by atoms with van der Waals surface area (Å²) < 4.78 is 5.12. The van der Waals surface area contributed by atoms with Crippen molar-refractivity contribution in [2.24, 2.45) is 0 Å². The van der Waals surface area contributed by atoms with Gasteiger partial charge >= 0.3 is 0 Å². The number of hydrogen-bond donors (Lipinski definition) is 2. The number of ether oxygens (including phenoxy) is 1. The number of methoxy groups -OCH3 is 1. The quantitative estimate of drug-likeness (QED) is 0.650. The summed E-state index contributed by atoms with van der Waals surface area (Å²) in [6.45, 7) is 3.64. The average molecular weight is 360 g/mol. The summed E-state index contributed by atoms with van der Waals surface area (Å²) in [5, 5.41) is 6.39. The molecule has 0 spiro atoms. The molecular formula is C23H24N2O2. The Labute approximate surface area is 160 Å². The minimum atomic E-state index is -0.137. The minimum Gasteiger partial charge on any atom is -0.497 e. The smallest absolute Gasteiger partial charge is 0.255 e. The number of carbonyl (C=O) groups excluding carboxylic acids is 1. The lowest BCUT2D eigenvalue weighted by molar-refractivity contribution is 0.102. The predicted molar refractivity (Wildman–Crippen MR) is 109 cm³/mol. The van der Waals surface area contributed by atoms with Crippen molar-refractivity contribution in [3.63, 3.8) is 0 Å². The second-order valence-electron chi connectivity index (χ2n) is 6.48. The van der Waals surface area contributed by atoms with Crippen molar-refractivity contribution in [2.45, 2.75) is 20.0 Å². The van der Waals surface area contributed by atoms with E-state index in [2.05, 4.69) is 41.8 Å². The van der Waals surface area contributed by atoms with Crippen LogP contribution in [0.25, 0.3) is 0 Å².